The Balaban J connectivity index is 1.76. The molecule has 130 valence electrons. The molecule has 0 saturated carbocycles. The van der Waals surface area contributed by atoms with E-state index in [9.17, 15) is 8.78 Å². The summed E-state index contributed by atoms with van der Waals surface area (Å²) < 4.78 is 32.2. The van der Waals surface area contributed by atoms with Crippen LogP contribution >= 0.6 is 11.8 Å². The Bertz CT molecular complexity index is 888. The lowest BCUT2D eigenvalue weighted by atomic mass is 10.1. The average Bonchev–Trinajstić information content (AvgIpc) is 3.24. The van der Waals surface area contributed by atoms with Crippen molar-refractivity contribution in [1.29, 1.82) is 0 Å². The number of furan rings is 1. The summed E-state index contributed by atoms with van der Waals surface area (Å²) in [6, 6.07) is 6.38. The number of thioether (sulfide) groups is 1. The number of benzene rings is 1. The van der Waals surface area contributed by atoms with Crippen LogP contribution in [0.2, 0.25) is 0 Å². The molecular weight excluding hydrogens is 352 g/mol. The van der Waals surface area contributed by atoms with E-state index in [2.05, 4.69) is 25.7 Å². The van der Waals surface area contributed by atoms with Crippen molar-refractivity contribution in [2.24, 2.45) is 16.8 Å². The van der Waals surface area contributed by atoms with Gasteiger partial charge in [0.15, 0.2) is 11.6 Å². The minimum Gasteiger partial charge on any atom is -0.453 e. The molecule has 0 aliphatic heterocycles. The van der Waals surface area contributed by atoms with Crippen LogP contribution in [0.15, 0.2) is 45.0 Å². The van der Waals surface area contributed by atoms with E-state index in [1.165, 1.54) is 23.9 Å². The highest BCUT2D eigenvalue weighted by Crippen LogP contribution is 2.28. The zero-order chi connectivity index (χ0) is 17.8. The highest BCUT2D eigenvalue weighted by atomic mass is 32.2. The first-order valence-electron chi connectivity index (χ1n) is 6.94. The summed E-state index contributed by atoms with van der Waals surface area (Å²) in [5, 5.41) is 10.6. The Morgan fingerprint density at radius 1 is 1.24 bits per heavy atom. The predicted octanol–water partition coefficient (Wildman–Crippen LogP) is 1.84. The molecule has 6 N–H and O–H groups in total. The number of hydrazone groups is 1. The lowest BCUT2D eigenvalue weighted by Crippen LogP contribution is -2.33. The maximum absolute atomic E-state index is 13.3. The molecular formula is C14H13F2N7OS. The number of hydrazine groups is 1. The Morgan fingerprint density at radius 3 is 2.64 bits per heavy atom. The van der Waals surface area contributed by atoms with Gasteiger partial charge in [0.2, 0.25) is 5.16 Å². The predicted molar refractivity (Wildman–Crippen MR) is 89.1 cm³/mol. The van der Waals surface area contributed by atoms with Crippen LogP contribution < -0.4 is 17.1 Å². The molecule has 0 aliphatic carbocycles. The first-order chi connectivity index (χ1) is 12.1. The summed E-state index contributed by atoms with van der Waals surface area (Å²) in [6.07, 6.45) is 0. The Morgan fingerprint density at radius 2 is 1.96 bits per heavy atom. The molecule has 0 amide bonds. The van der Waals surface area contributed by atoms with Crippen molar-refractivity contribution in [2.45, 2.75) is 5.16 Å². The van der Waals surface area contributed by atoms with Crippen molar-refractivity contribution in [3.8, 4) is 22.9 Å². The second-order valence-corrected chi connectivity index (χ2v) is 5.74. The Hall–Kier alpha value is -2.92. The van der Waals surface area contributed by atoms with Crippen molar-refractivity contribution in [3.05, 3.63) is 42.0 Å². The quantitative estimate of drug-likeness (QED) is 0.178. The van der Waals surface area contributed by atoms with Crippen LogP contribution in [-0.4, -0.2) is 26.8 Å². The molecule has 0 spiro atoms. The molecule has 0 bridgehead atoms. The van der Waals surface area contributed by atoms with Crippen molar-refractivity contribution in [2.75, 3.05) is 5.75 Å². The SMILES string of the molecule is N/N=C(/CSc1n[nH]c(-c2ccc(-c3cc(F)cc(F)c3)o2)n1)NN. The lowest BCUT2D eigenvalue weighted by Gasteiger charge is -1.99. The number of hydrogen-bond donors (Lipinski definition) is 4. The number of hydrogen-bond acceptors (Lipinski definition) is 7. The van der Waals surface area contributed by atoms with Crippen LogP contribution in [0.5, 0.6) is 0 Å². The first-order valence-corrected chi connectivity index (χ1v) is 7.93. The van der Waals surface area contributed by atoms with E-state index in [4.69, 9.17) is 16.1 Å². The summed E-state index contributed by atoms with van der Waals surface area (Å²) >= 11 is 1.25. The van der Waals surface area contributed by atoms with Gasteiger partial charge in [-0.1, -0.05) is 11.8 Å². The Labute approximate surface area is 144 Å². The van der Waals surface area contributed by atoms with Gasteiger partial charge in [-0.05, 0) is 24.3 Å². The number of nitrogens with one attached hydrogen (secondary N) is 2. The molecule has 1 aromatic carbocycles. The summed E-state index contributed by atoms with van der Waals surface area (Å²) in [4.78, 5) is 4.25. The second-order valence-electron chi connectivity index (χ2n) is 4.80. The minimum absolute atomic E-state index is 0.288. The van der Waals surface area contributed by atoms with Gasteiger partial charge in [0.25, 0.3) is 0 Å². The highest BCUT2D eigenvalue weighted by Gasteiger charge is 2.13. The van der Waals surface area contributed by atoms with Gasteiger partial charge < -0.3 is 15.7 Å². The first kappa shape index (κ1) is 16.9. The Kier molecular flexibility index (Phi) is 4.95. The van der Waals surface area contributed by atoms with Crippen LogP contribution in [0, 0.1) is 11.6 Å². The van der Waals surface area contributed by atoms with E-state index < -0.39 is 11.6 Å². The fourth-order valence-electron chi connectivity index (χ4n) is 1.99. The zero-order valence-electron chi connectivity index (χ0n) is 12.7. The van der Waals surface area contributed by atoms with E-state index in [0.717, 1.165) is 6.07 Å². The van der Waals surface area contributed by atoms with Crippen molar-refractivity contribution >= 4 is 17.6 Å². The standard InChI is InChI=1S/C14H13F2N7OS/c15-8-3-7(4-9(16)5-8)10-1-2-11(24-10)13-19-14(23-22-13)25-6-12(20-17)21-18/h1-5H,6,17-18H2,(H,20,21)(H,19,22,23). The molecule has 3 rings (SSSR count). The van der Waals surface area contributed by atoms with E-state index in [0.29, 0.717) is 34.1 Å². The molecule has 2 heterocycles. The number of halogens is 2. The smallest absolute Gasteiger partial charge is 0.209 e. The summed E-state index contributed by atoms with van der Waals surface area (Å²) in [7, 11) is 0. The van der Waals surface area contributed by atoms with Crippen LogP contribution in [0.25, 0.3) is 22.9 Å². The third-order valence-corrected chi connectivity index (χ3v) is 3.97. The fourth-order valence-corrected chi connectivity index (χ4v) is 2.68. The van der Waals surface area contributed by atoms with E-state index >= 15 is 0 Å². The second kappa shape index (κ2) is 7.32. The molecule has 0 radical (unpaired) electrons. The van der Waals surface area contributed by atoms with Crippen LogP contribution in [0.1, 0.15) is 0 Å². The molecule has 8 nitrogen and oxygen atoms in total. The molecule has 11 heteroatoms. The van der Waals surface area contributed by atoms with E-state index in [-0.39, 0.29) is 5.56 Å². The van der Waals surface area contributed by atoms with Crippen molar-refractivity contribution < 1.29 is 13.2 Å². The third kappa shape index (κ3) is 3.95. The molecule has 0 aliphatic rings. The largest absolute Gasteiger partial charge is 0.453 e. The molecule has 0 unspecified atom stereocenters. The number of H-pyrrole nitrogens is 1. The van der Waals surface area contributed by atoms with Gasteiger partial charge in [0, 0.05) is 11.6 Å². The zero-order valence-corrected chi connectivity index (χ0v) is 13.5. The van der Waals surface area contributed by atoms with Gasteiger partial charge in [-0.25, -0.2) is 14.6 Å². The maximum Gasteiger partial charge on any atom is 0.209 e. The monoisotopic (exact) mass is 365 g/mol. The average molecular weight is 365 g/mol. The highest BCUT2D eigenvalue weighted by molar-refractivity contribution is 7.99. The van der Waals surface area contributed by atoms with Gasteiger partial charge in [-0.15, -0.1) is 5.10 Å². The number of nitrogens with two attached hydrogens (primary N) is 2. The van der Waals surface area contributed by atoms with Gasteiger partial charge in [-0.2, -0.15) is 10.1 Å². The van der Waals surface area contributed by atoms with Crippen molar-refractivity contribution in [1.82, 2.24) is 20.6 Å². The normalized spacial score (nSPS) is 11.7. The third-order valence-electron chi connectivity index (χ3n) is 3.11. The van der Waals surface area contributed by atoms with Gasteiger partial charge in [0.1, 0.15) is 23.2 Å². The van der Waals surface area contributed by atoms with Crippen LogP contribution in [0.3, 0.4) is 0 Å². The molecule has 3 aromatic rings. The van der Waals surface area contributed by atoms with Crippen LogP contribution in [-0.2, 0) is 0 Å². The molecule has 25 heavy (non-hydrogen) atoms. The summed E-state index contributed by atoms with van der Waals surface area (Å²) in [5.41, 5.74) is 2.64. The number of rotatable bonds is 5. The van der Waals surface area contributed by atoms with Gasteiger partial charge in [-0.3, -0.25) is 5.10 Å². The van der Waals surface area contributed by atoms with Crippen molar-refractivity contribution in [3.63, 3.8) is 0 Å². The fraction of sp³-hybridized carbons (Fsp3) is 0.0714. The number of aromatic amines is 1. The number of amidine groups is 1. The molecule has 0 fully saturated rings. The maximum atomic E-state index is 13.3. The number of aromatic nitrogens is 3. The van der Waals surface area contributed by atoms with Gasteiger partial charge in [0.05, 0.1) is 5.75 Å². The molecule has 2 aromatic heterocycles. The molecule has 0 atom stereocenters. The van der Waals surface area contributed by atoms with Crippen LogP contribution in [0.4, 0.5) is 8.78 Å². The van der Waals surface area contributed by atoms with Gasteiger partial charge >= 0.3 is 0 Å². The number of nitrogens with zero attached hydrogens (tertiary/aromatic N) is 3. The summed E-state index contributed by atoms with van der Waals surface area (Å²) in [6.45, 7) is 0. The topological polar surface area (TPSA) is 131 Å². The van der Waals surface area contributed by atoms with E-state index in [1.54, 1.807) is 12.1 Å². The summed E-state index contributed by atoms with van der Waals surface area (Å²) in [5.74, 6) is 10.8. The molecule has 0 saturated heterocycles. The minimum atomic E-state index is -0.683. The van der Waals surface area contributed by atoms with E-state index in [1.807, 2.05) is 0 Å². The lowest BCUT2D eigenvalue weighted by molar-refractivity contribution is 0.573.